The van der Waals surface area contributed by atoms with Gasteiger partial charge in [0.2, 0.25) is 0 Å². The van der Waals surface area contributed by atoms with E-state index >= 15 is 0 Å². The molecule has 0 radical (unpaired) electrons. The van der Waals surface area contributed by atoms with E-state index in [4.69, 9.17) is 0 Å². The predicted octanol–water partition coefficient (Wildman–Crippen LogP) is 2.33. The molecular weight excluding hydrogens is 150 g/mol. The van der Waals surface area contributed by atoms with Gasteiger partial charge in [0.15, 0.2) is 0 Å². The second kappa shape index (κ2) is 2.59. The van der Waals surface area contributed by atoms with Crippen LogP contribution in [-0.2, 0) is 0 Å². The molecule has 0 aliphatic carbocycles. The van der Waals surface area contributed by atoms with Crippen molar-refractivity contribution in [3.63, 3.8) is 0 Å². The maximum absolute atomic E-state index is 4.42. The smallest absolute Gasteiger partial charge is 0.109 e. The molecule has 0 atom stereocenters. The summed E-state index contributed by atoms with van der Waals surface area (Å²) in [4.78, 5) is 11.7. The number of imidazole rings is 1. The van der Waals surface area contributed by atoms with Gasteiger partial charge in [0.25, 0.3) is 0 Å². The molecular formula is C9H13N3. The third kappa shape index (κ3) is 1.07. The maximum Gasteiger partial charge on any atom is 0.109 e. The van der Waals surface area contributed by atoms with Crippen LogP contribution in [-0.4, -0.2) is 15.0 Å². The molecule has 3 nitrogen and oxygen atoms in total. The summed E-state index contributed by atoms with van der Waals surface area (Å²) in [6, 6.07) is 1.91. The first-order valence-electron chi connectivity index (χ1n) is 4.07. The van der Waals surface area contributed by atoms with Gasteiger partial charge in [0, 0.05) is 13.5 Å². The van der Waals surface area contributed by atoms with Crippen molar-refractivity contribution in [3.8, 4) is 0 Å². The molecule has 0 aromatic carbocycles. The van der Waals surface area contributed by atoms with E-state index in [1.165, 1.54) is 0 Å². The molecule has 2 aromatic rings. The Morgan fingerprint density at radius 2 is 2.33 bits per heavy atom. The summed E-state index contributed by atoms with van der Waals surface area (Å²) in [5.41, 5.74) is 2.01. The molecule has 1 N–H and O–H groups in total. The monoisotopic (exact) mass is 163 g/mol. The van der Waals surface area contributed by atoms with Gasteiger partial charge < -0.3 is 4.98 Å². The van der Waals surface area contributed by atoms with Gasteiger partial charge >= 0.3 is 0 Å². The molecule has 0 aliphatic rings. The summed E-state index contributed by atoms with van der Waals surface area (Å²) in [5, 5.41) is 0. The van der Waals surface area contributed by atoms with Gasteiger partial charge in [-0.05, 0) is 6.07 Å². The maximum atomic E-state index is 4.42. The average Bonchev–Trinajstić information content (AvgIpc) is 2.46. The highest BCUT2D eigenvalue weighted by Crippen LogP contribution is 2.14. The van der Waals surface area contributed by atoms with Crippen LogP contribution < -0.4 is 0 Å². The Hall–Kier alpha value is -1.38. The summed E-state index contributed by atoms with van der Waals surface area (Å²) in [6.45, 7) is 4.23. The van der Waals surface area contributed by atoms with Gasteiger partial charge in [-0.3, -0.25) is 4.98 Å². The average molecular weight is 163 g/mol. The van der Waals surface area contributed by atoms with Crippen molar-refractivity contribution in [1.29, 1.82) is 0 Å². The molecule has 3 heteroatoms. The van der Waals surface area contributed by atoms with Crippen LogP contribution in [0.4, 0.5) is 0 Å². The minimum Gasteiger partial charge on any atom is -0.340 e. The normalized spacial score (nSPS) is 11.2. The second-order valence-corrected chi connectivity index (χ2v) is 3.17. The standard InChI is InChI=1S/C9H11N3.H2/c1-6(2)9-11-7-3-4-10-5-8(7)12-9;/h3-6H,1-2H3,(H,11,12);1H. The van der Waals surface area contributed by atoms with Crippen LogP contribution in [0.15, 0.2) is 18.5 Å². The highest BCUT2D eigenvalue weighted by Gasteiger charge is 2.04. The van der Waals surface area contributed by atoms with E-state index in [1.807, 2.05) is 6.07 Å². The molecule has 0 unspecified atom stereocenters. The van der Waals surface area contributed by atoms with Crippen molar-refractivity contribution in [2.75, 3.05) is 0 Å². The van der Waals surface area contributed by atoms with Crippen LogP contribution in [0.25, 0.3) is 11.0 Å². The molecule has 0 spiro atoms. The van der Waals surface area contributed by atoms with Crippen molar-refractivity contribution in [2.45, 2.75) is 19.8 Å². The Bertz CT molecular complexity index is 361. The van der Waals surface area contributed by atoms with E-state index in [2.05, 4.69) is 28.8 Å². The van der Waals surface area contributed by atoms with Crippen molar-refractivity contribution >= 4 is 11.0 Å². The Labute approximate surface area is 72.3 Å². The number of nitrogens with one attached hydrogen (secondary N) is 1. The zero-order valence-electron chi connectivity index (χ0n) is 7.20. The molecule has 2 rings (SSSR count). The van der Waals surface area contributed by atoms with Gasteiger partial charge in [0.05, 0.1) is 17.2 Å². The number of aromatic amines is 1. The zero-order chi connectivity index (χ0) is 8.55. The number of pyridine rings is 1. The topological polar surface area (TPSA) is 41.6 Å². The lowest BCUT2D eigenvalue weighted by atomic mass is 10.2. The van der Waals surface area contributed by atoms with E-state index < -0.39 is 0 Å². The molecule has 64 valence electrons. The molecule has 2 heterocycles. The highest BCUT2D eigenvalue weighted by molar-refractivity contribution is 5.73. The molecule has 0 saturated carbocycles. The van der Waals surface area contributed by atoms with Gasteiger partial charge in [-0.1, -0.05) is 13.8 Å². The van der Waals surface area contributed by atoms with Crippen LogP contribution >= 0.6 is 0 Å². The number of H-pyrrole nitrogens is 1. The lowest BCUT2D eigenvalue weighted by Gasteiger charge is -1.95. The van der Waals surface area contributed by atoms with Gasteiger partial charge in [-0.15, -0.1) is 0 Å². The summed E-state index contributed by atoms with van der Waals surface area (Å²) in [7, 11) is 0. The molecule has 0 amide bonds. The van der Waals surface area contributed by atoms with Crippen molar-refractivity contribution in [3.05, 3.63) is 24.3 Å². The van der Waals surface area contributed by atoms with Crippen LogP contribution in [0.3, 0.4) is 0 Å². The SMILES string of the molecule is CC(C)c1nc2ccncc2[nH]1.[HH]. The van der Waals surface area contributed by atoms with Gasteiger partial charge in [0.1, 0.15) is 5.82 Å². The van der Waals surface area contributed by atoms with E-state index in [0.29, 0.717) is 5.92 Å². The lowest BCUT2D eigenvalue weighted by Crippen LogP contribution is -1.88. The Morgan fingerprint density at radius 3 is 3.00 bits per heavy atom. The fourth-order valence-corrected chi connectivity index (χ4v) is 1.15. The number of hydrogen-bond donors (Lipinski definition) is 1. The Kier molecular flexibility index (Phi) is 1.57. The van der Waals surface area contributed by atoms with Gasteiger partial charge in [-0.2, -0.15) is 0 Å². The van der Waals surface area contributed by atoms with Crippen LogP contribution in [0, 0.1) is 0 Å². The quantitative estimate of drug-likeness (QED) is 0.701. The summed E-state index contributed by atoms with van der Waals surface area (Å²) in [6.07, 6.45) is 3.56. The number of aromatic nitrogens is 3. The number of nitrogens with zero attached hydrogens (tertiary/aromatic N) is 2. The van der Waals surface area contributed by atoms with Gasteiger partial charge in [-0.25, -0.2) is 4.98 Å². The number of rotatable bonds is 1. The number of hydrogen-bond acceptors (Lipinski definition) is 2. The molecule has 0 fully saturated rings. The molecule has 0 aliphatic heterocycles. The lowest BCUT2D eigenvalue weighted by molar-refractivity contribution is 0.799. The summed E-state index contributed by atoms with van der Waals surface area (Å²) in [5.74, 6) is 1.47. The third-order valence-corrected chi connectivity index (χ3v) is 1.85. The van der Waals surface area contributed by atoms with Crippen molar-refractivity contribution in [1.82, 2.24) is 15.0 Å². The molecule has 2 aromatic heterocycles. The highest BCUT2D eigenvalue weighted by atomic mass is 14.9. The Balaban J connectivity index is 0.000000845. The first-order valence-corrected chi connectivity index (χ1v) is 4.07. The van der Waals surface area contributed by atoms with Crippen LogP contribution in [0.5, 0.6) is 0 Å². The minimum atomic E-state index is 0. The third-order valence-electron chi connectivity index (χ3n) is 1.85. The summed E-state index contributed by atoms with van der Waals surface area (Å²) < 4.78 is 0. The molecule has 0 saturated heterocycles. The minimum absolute atomic E-state index is 0. The number of fused-ring (bicyclic) bond motifs is 1. The first-order chi connectivity index (χ1) is 5.77. The van der Waals surface area contributed by atoms with E-state index in [1.54, 1.807) is 12.4 Å². The second-order valence-electron chi connectivity index (χ2n) is 3.17. The van der Waals surface area contributed by atoms with E-state index in [0.717, 1.165) is 16.9 Å². The fourth-order valence-electron chi connectivity index (χ4n) is 1.15. The van der Waals surface area contributed by atoms with Crippen LogP contribution in [0.2, 0.25) is 0 Å². The molecule has 0 bridgehead atoms. The van der Waals surface area contributed by atoms with E-state index in [-0.39, 0.29) is 1.43 Å². The largest absolute Gasteiger partial charge is 0.340 e. The Morgan fingerprint density at radius 1 is 1.50 bits per heavy atom. The predicted molar refractivity (Wildman–Crippen MR) is 50.1 cm³/mol. The van der Waals surface area contributed by atoms with E-state index in [9.17, 15) is 0 Å². The molecule has 12 heavy (non-hydrogen) atoms. The first kappa shape index (κ1) is 7.28. The van der Waals surface area contributed by atoms with Crippen LogP contribution in [0.1, 0.15) is 27.0 Å². The van der Waals surface area contributed by atoms with Crippen molar-refractivity contribution < 1.29 is 1.43 Å². The summed E-state index contributed by atoms with van der Waals surface area (Å²) >= 11 is 0. The zero-order valence-corrected chi connectivity index (χ0v) is 7.20. The fraction of sp³-hybridized carbons (Fsp3) is 0.333. The van der Waals surface area contributed by atoms with Crippen molar-refractivity contribution in [2.24, 2.45) is 0 Å².